The van der Waals surface area contributed by atoms with Gasteiger partial charge in [0.05, 0.1) is 30.8 Å². The van der Waals surface area contributed by atoms with Gasteiger partial charge in [0, 0.05) is 34.2 Å². The van der Waals surface area contributed by atoms with E-state index < -0.39 is 18.2 Å². The number of benzene rings is 3. The van der Waals surface area contributed by atoms with Crippen LogP contribution in [-0.2, 0) is 25.7 Å². The molecular formula is C30H31NO8S. The fraction of sp³-hybridized carbons (Fsp3) is 0.300. The number of hydrogen-bond acceptors (Lipinski definition) is 7. The zero-order valence-corrected chi connectivity index (χ0v) is 22.7. The highest BCUT2D eigenvalue weighted by molar-refractivity contribution is 7.99. The molecule has 1 saturated heterocycles. The molecule has 40 heavy (non-hydrogen) atoms. The molecule has 9 nitrogen and oxygen atoms in total. The Morgan fingerprint density at radius 1 is 0.875 bits per heavy atom. The van der Waals surface area contributed by atoms with Crippen molar-refractivity contribution in [1.29, 1.82) is 0 Å². The molecule has 0 radical (unpaired) electrons. The van der Waals surface area contributed by atoms with Gasteiger partial charge in [0.2, 0.25) is 5.91 Å². The molecule has 4 atom stereocenters. The van der Waals surface area contributed by atoms with E-state index in [0.717, 1.165) is 16.7 Å². The molecule has 0 aliphatic carbocycles. The first kappa shape index (κ1) is 29.3. The molecule has 4 unspecified atom stereocenters. The fourth-order valence-corrected chi connectivity index (χ4v) is 5.63. The Kier molecular flexibility index (Phi) is 9.94. The lowest BCUT2D eigenvalue weighted by atomic mass is 9.91. The molecular weight excluding hydrogens is 534 g/mol. The summed E-state index contributed by atoms with van der Waals surface area (Å²) in [6, 6.07) is 21.4. The summed E-state index contributed by atoms with van der Waals surface area (Å²) < 4.78 is 12.8. The van der Waals surface area contributed by atoms with Crippen LogP contribution < -0.4 is 5.32 Å². The number of carboxylic acid groups (broad SMARTS) is 2. The quantitative estimate of drug-likeness (QED) is 0.229. The zero-order chi connectivity index (χ0) is 28.6. The van der Waals surface area contributed by atoms with Crippen LogP contribution >= 0.6 is 11.8 Å². The van der Waals surface area contributed by atoms with Crippen molar-refractivity contribution in [2.75, 3.05) is 11.1 Å². The second kappa shape index (κ2) is 13.6. The predicted molar refractivity (Wildman–Crippen MR) is 149 cm³/mol. The fourth-order valence-electron chi connectivity index (χ4n) is 4.42. The van der Waals surface area contributed by atoms with Crippen molar-refractivity contribution in [1.82, 2.24) is 0 Å². The van der Waals surface area contributed by atoms with E-state index in [1.54, 1.807) is 48.5 Å². The van der Waals surface area contributed by atoms with Gasteiger partial charge in [-0.1, -0.05) is 55.5 Å². The summed E-state index contributed by atoms with van der Waals surface area (Å²) in [6.07, 6.45) is -1.71. The molecule has 10 heteroatoms. The van der Waals surface area contributed by atoms with Crippen LogP contribution in [-0.4, -0.2) is 45.0 Å². The van der Waals surface area contributed by atoms with E-state index in [0.29, 0.717) is 16.3 Å². The monoisotopic (exact) mass is 565 g/mol. The first-order valence-corrected chi connectivity index (χ1v) is 13.8. The number of carboxylic acids is 2. The molecule has 4 rings (SSSR count). The number of ether oxygens (including phenoxy) is 2. The Bertz CT molecular complexity index is 1330. The van der Waals surface area contributed by atoms with E-state index in [4.69, 9.17) is 14.6 Å². The number of aromatic carboxylic acids is 1. The lowest BCUT2D eigenvalue weighted by molar-refractivity contribution is -0.268. The molecule has 0 aromatic heterocycles. The molecule has 1 heterocycles. The highest BCUT2D eigenvalue weighted by atomic mass is 32.2. The van der Waals surface area contributed by atoms with Gasteiger partial charge in [0.25, 0.3) is 0 Å². The van der Waals surface area contributed by atoms with Crippen molar-refractivity contribution < 1.29 is 39.2 Å². The molecule has 3 aromatic rings. The van der Waals surface area contributed by atoms with Gasteiger partial charge in [0.15, 0.2) is 6.29 Å². The summed E-state index contributed by atoms with van der Waals surface area (Å²) in [6.45, 7) is 1.97. The van der Waals surface area contributed by atoms with Crippen molar-refractivity contribution in [3.63, 3.8) is 0 Å². The smallest absolute Gasteiger partial charge is 0.336 e. The van der Waals surface area contributed by atoms with Crippen LogP contribution in [0.2, 0.25) is 0 Å². The van der Waals surface area contributed by atoms with E-state index >= 15 is 0 Å². The lowest BCUT2D eigenvalue weighted by Crippen LogP contribution is -2.38. The number of aliphatic hydroxyl groups excluding tert-OH is 1. The molecule has 4 N–H and O–H groups in total. The Balaban J connectivity index is 1.54. The van der Waals surface area contributed by atoms with Crippen LogP contribution in [0.3, 0.4) is 0 Å². The molecule has 3 aromatic carbocycles. The number of hydrogen-bond donors (Lipinski definition) is 4. The lowest BCUT2D eigenvalue weighted by Gasteiger charge is -2.41. The highest BCUT2D eigenvalue weighted by Gasteiger charge is 2.38. The van der Waals surface area contributed by atoms with Crippen LogP contribution in [0.4, 0.5) is 5.69 Å². The standard InChI is InChI=1S/C30H31NO8S/c1-18-24(17-40-25-5-3-2-4-23(25)29(36)37)38-30(39-28(18)20-8-6-19(16-32)7-9-20)21-10-12-22(13-11-21)31-26(33)14-15-27(34)35/h2-13,18,24,28,30,32H,14-17H2,1H3,(H,31,33)(H,34,35)(H,36,37). The molecule has 1 aliphatic heterocycles. The van der Waals surface area contributed by atoms with Crippen molar-refractivity contribution in [2.45, 2.75) is 49.8 Å². The summed E-state index contributed by atoms with van der Waals surface area (Å²) in [5.41, 5.74) is 3.21. The minimum atomic E-state index is -1.04. The van der Waals surface area contributed by atoms with Gasteiger partial charge in [-0.25, -0.2) is 4.79 Å². The van der Waals surface area contributed by atoms with Gasteiger partial charge >= 0.3 is 11.9 Å². The first-order chi connectivity index (χ1) is 19.2. The number of aliphatic hydroxyl groups is 1. The Morgan fingerprint density at radius 2 is 1.55 bits per heavy atom. The third-order valence-corrected chi connectivity index (χ3v) is 7.84. The Morgan fingerprint density at radius 3 is 2.20 bits per heavy atom. The van der Waals surface area contributed by atoms with E-state index in [9.17, 15) is 24.6 Å². The maximum Gasteiger partial charge on any atom is 0.336 e. The number of aliphatic carboxylic acids is 1. The minimum absolute atomic E-state index is 0.0610. The van der Waals surface area contributed by atoms with Crippen LogP contribution in [0.25, 0.3) is 0 Å². The maximum absolute atomic E-state index is 12.0. The average Bonchev–Trinajstić information content (AvgIpc) is 2.96. The van der Waals surface area contributed by atoms with E-state index in [-0.39, 0.29) is 49.0 Å². The summed E-state index contributed by atoms with van der Waals surface area (Å²) in [5, 5.41) is 30.5. The largest absolute Gasteiger partial charge is 0.481 e. The molecule has 210 valence electrons. The number of thioether (sulfide) groups is 1. The number of amides is 1. The zero-order valence-electron chi connectivity index (χ0n) is 21.9. The third-order valence-electron chi connectivity index (χ3n) is 6.68. The minimum Gasteiger partial charge on any atom is -0.481 e. The second-order valence-corrected chi connectivity index (χ2v) is 10.6. The van der Waals surface area contributed by atoms with Crippen LogP contribution in [0, 0.1) is 5.92 Å². The first-order valence-electron chi connectivity index (χ1n) is 12.8. The van der Waals surface area contributed by atoms with Gasteiger partial charge in [-0.3, -0.25) is 9.59 Å². The average molecular weight is 566 g/mol. The summed E-state index contributed by atoms with van der Waals surface area (Å²) in [7, 11) is 0. The van der Waals surface area contributed by atoms with Crippen LogP contribution in [0.1, 0.15) is 59.2 Å². The maximum atomic E-state index is 12.0. The second-order valence-electron chi connectivity index (χ2n) is 9.50. The van der Waals surface area contributed by atoms with Crippen molar-refractivity contribution >= 4 is 35.3 Å². The molecule has 1 fully saturated rings. The van der Waals surface area contributed by atoms with Gasteiger partial charge in [0.1, 0.15) is 0 Å². The predicted octanol–water partition coefficient (Wildman–Crippen LogP) is 5.26. The van der Waals surface area contributed by atoms with Crippen molar-refractivity contribution in [3.05, 3.63) is 95.1 Å². The Hall–Kier alpha value is -3.70. The number of rotatable bonds is 11. The summed E-state index contributed by atoms with van der Waals surface area (Å²) in [5.74, 6) is -1.99. The molecule has 1 aliphatic rings. The van der Waals surface area contributed by atoms with Gasteiger partial charge < -0.3 is 30.1 Å². The van der Waals surface area contributed by atoms with Crippen molar-refractivity contribution in [3.8, 4) is 0 Å². The SMILES string of the molecule is CC1C(CSc2ccccc2C(=O)O)OC(c2ccc(NC(=O)CCC(=O)O)cc2)OC1c1ccc(CO)cc1. The number of carbonyl (C=O) groups is 3. The Labute approximate surface area is 236 Å². The van der Waals surface area contributed by atoms with Crippen LogP contribution in [0.5, 0.6) is 0 Å². The third kappa shape index (κ3) is 7.48. The van der Waals surface area contributed by atoms with Gasteiger partial charge in [-0.15, -0.1) is 11.8 Å². The van der Waals surface area contributed by atoms with Crippen molar-refractivity contribution in [2.24, 2.45) is 5.92 Å². The van der Waals surface area contributed by atoms with E-state index in [1.165, 1.54) is 11.8 Å². The number of carbonyl (C=O) groups excluding carboxylic acids is 1. The topological polar surface area (TPSA) is 142 Å². The number of nitrogens with one attached hydrogen (secondary N) is 1. The summed E-state index contributed by atoms with van der Waals surface area (Å²) >= 11 is 1.42. The summed E-state index contributed by atoms with van der Waals surface area (Å²) in [4.78, 5) is 35.1. The van der Waals surface area contributed by atoms with E-state index in [2.05, 4.69) is 5.32 Å². The highest BCUT2D eigenvalue weighted by Crippen LogP contribution is 2.43. The molecule has 1 amide bonds. The normalized spacial score (nSPS) is 20.6. The molecule has 0 bridgehead atoms. The van der Waals surface area contributed by atoms with Crippen LogP contribution in [0.15, 0.2) is 77.7 Å². The molecule has 0 spiro atoms. The van der Waals surface area contributed by atoms with Gasteiger partial charge in [-0.2, -0.15) is 0 Å². The van der Waals surface area contributed by atoms with Gasteiger partial charge in [-0.05, 0) is 35.4 Å². The molecule has 0 saturated carbocycles. The number of anilines is 1. The van der Waals surface area contributed by atoms with E-state index in [1.807, 2.05) is 31.2 Å².